The molecule has 1 atom stereocenters. The second kappa shape index (κ2) is 6.77. The molecule has 0 aliphatic carbocycles. The molecule has 1 heterocycles. The number of hydrogen-bond donors (Lipinski definition) is 2. The molecule has 1 aromatic carbocycles. The van der Waals surface area contributed by atoms with E-state index in [4.69, 9.17) is 9.52 Å². The molecule has 0 fully saturated rings. The zero-order chi connectivity index (χ0) is 17.9. The highest BCUT2D eigenvalue weighted by atomic mass is 19.4. The molecule has 24 heavy (non-hydrogen) atoms. The van der Waals surface area contributed by atoms with Crippen LogP contribution in [0.3, 0.4) is 0 Å². The zero-order valence-electron chi connectivity index (χ0n) is 12.6. The standard InChI is InChI=1S/C16H14F3NO4/c1-9(6-10-4-2-3-5-12(10)16(17,18)19)20-14(21)13-7-11(8-24-13)15(22)23/h2-5,7-9H,6H2,1H3,(H,20,21)(H,22,23). The van der Waals surface area contributed by atoms with Gasteiger partial charge in [0, 0.05) is 12.1 Å². The van der Waals surface area contributed by atoms with Crippen LogP contribution >= 0.6 is 0 Å². The van der Waals surface area contributed by atoms with Crippen molar-refractivity contribution in [2.45, 2.75) is 25.6 Å². The Hall–Kier alpha value is -2.77. The van der Waals surface area contributed by atoms with Gasteiger partial charge in [0.2, 0.25) is 0 Å². The van der Waals surface area contributed by atoms with Crippen LogP contribution in [0.2, 0.25) is 0 Å². The first-order valence-electron chi connectivity index (χ1n) is 6.96. The third-order valence-electron chi connectivity index (χ3n) is 3.30. The summed E-state index contributed by atoms with van der Waals surface area (Å²) in [7, 11) is 0. The molecule has 2 aromatic rings. The maximum atomic E-state index is 12.9. The lowest BCUT2D eigenvalue weighted by Gasteiger charge is -2.17. The Kier molecular flexibility index (Phi) is 4.96. The summed E-state index contributed by atoms with van der Waals surface area (Å²) < 4.78 is 43.7. The molecule has 0 bridgehead atoms. The van der Waals surface area contributed by atoms with E-state index in [9.17, 15) is 22.8 Å². The van der Waals surface area contributed by atoms with Gasteiger partial charge in [0.15, 0.2) is 5.76 Å². The summed E-state index contributed by atoms with van der Waals surface area (Å²) >= 11 is 0. The molecule has 2 rings (SSSR count). The molecular formula is C16H14F3NO4. The van der Waals surface area contributed by atoms with E-state index >= 15 is 0 Å². The molecule has 0 aliphatic heterocycles. The average Bonchev–Trinajstić information content (AvgIpc) is 2.96. The van der Waals surface area contributed by atoms with Gasteiger partial charge in [-0.05, 0) is 25.0 Å². The van der Waals surface area contributed by atoms with Gasteiger partial charge in [0.1, 0.15) is 6.26 Å². The monoisotopic (exact) mass is 341 g/mol. The molecule has 128 valence electrons. The van der Waals surface area contributed by atoms with Crippen molar-refractivity contribution < 1.29 is 32.3 Å². The minimum absolute atomic E-state index is 0.0338. The molecule has 0 saturated carbocycles. The van der Waals surface area contributed by atoms with Gasteiger partial charge in [-0.2, -0.15) is 13.2 Å². The number of rotatable bonds is 5. The molecule has 1 unspecified atom stereocenters. The number of carbonyl (C=O) groups is 2. The number of furan rings is 1. The second-order valence-corrected chi connectivity index (χ2v) is 5.24. The third kappa shape index (κ3) is 4.15. The van der Waals surface area contributed by atoms with Crippen molar-refractivity contribution in [2.24, 2.45) is 0 Å². The van der Waals surface area contributed by atoms with E-state index in [1.165, 1.54) is 18.2 Å². The molecular weight excluding hydrogens is 327 g/mol. The summed E-state index contributed by atoms with van der Waals surface area (Å²) in [6.45, 7) is 1.55. The Morgan fingerprint density at radius 3 is 2.54 bits per heavy atom. The predicted octanol–water partition coefficient (Wildman–Crippen LogP) is 3.36. The number of nitrogens with one attached hydrogen (secondary N) is 1. The minimum atomic E-state index is -4.47. The fourth-order valence-electron chi connectivity index (χ4n) is 2.22. The Morgan fingerprint density at radius 1 is 1.29 bits per heavy atom. The zero-order valence-corrected chi connectivity index (χ0v) is 12.6. The number of carboxylic acids is 1. The highest BCUT2D eigenvalue weighted by molar-refractivity contribution is 5.95. The molecule has 8 heteroatoms. The van der Waals surface area contributed by atoms with Gasteiger partial charge in [0.05, 0.1) is 11.1 Å². The smallest absolute Gasteiger partial charge is 0.416 e. The SMILES string of the molecule is CC(Cc1ccccc1C(F)(F)F)NC(=O)c1cc(C(=O)O)co1. The maximum Gasteiger partial charge on any atom is 0.416 e. The second-order valence-electron chi connectivity index (χ2n) is 5.24. The summed E-state index contributed by atoms with van der Waals surface area (Å²) in [4.78, 5) is 22.7. The number of benzene rings is 1. The van der Waals surface area contributed by atoms with Gasteiger partial charge in [-0.15, -0.1) is 0 Å². The van der Waals surface area contributed by atoms with Crippen LogP contribution < -0.4 is 5.32 Å². The van der Waals surface area contributed by atoms with Crippen molar-refractivity contribution >= 4 is 11.9 Å². The topological polar surface area (TPSA) is 79.5 Å². The fourth-order valence-corrected chi connectivity index (χ4v) is 2.22. The normalized spacial score (nSPS) is 12.7. The average molecular weight is 341 g/mol. The molecule has 1 aromatic heterocycles. The first-order valence-corrected chi connectivity index (χ1v) is 6.96. The van der Waals surface area contributed by atoms with Crippen LogP contribution in [-0.4, -0.2) is 23.0 Å². The van der Waals surface area contributed by atoms with Crippen LogP contribution in [0, 0.1) is 0 Å². The largest absolute Gasteiger partial charge is 0.478 e. The van der Waals surface area contributed by atoms with E-state index in [-0.39, 0.29) is 23.3 Å². The third-order valence-corrected chi connectivity index (χ3v) is 3.30. The molecule has 0 saturated heterocycles. The number of carboxylic acid groups (broad SMARTS) is 1. The van der Waals surface area contributed by atoms with Crippen LogP contribution in [0.4, 0.5) is 13.2 Å². The predicted molar refractivity (Wildman–Crippen MR) is 77.7 cm³/mol. The number of hydrogen-bond acceptors (Lipinski definition) is 3. The number of halogens is 3. The van der Waals surface area contributed by atoms with E-state index in [1.54, 1.807) is 6.92 Å². The summed E-state index contributed by atoms with van der Waals surface area (Å²) in [5.74, 6) is -2.16. The maximum absolute atomic E-state index is 12.9. The van der Waals surface area contributed by atoms with Crippen molar-refractivity contribution in [3.8, 4) is 0 Å². The van der Waals surface area contributed by atoms with E-state index in [1.807, 2.05) is 0 Å². The van der Waals surface area contributed by atoms with Crippen molar-refractivity contribution in [3.05, 3.63) is 59.0 Å². The first-order chi connectivity index (χ1) is 11.2. The number of carbonyl (C=O) groups excluding carboxylic acids is 1. The lowest BCUT2D eigenvalue weighted by Crippen LogP contribution is -2.34. The lowest BCUT2D eigenvalue weighted by molar-refractivity contribution is -0.138. The van der Waals surface area contributed by atoms with E-state index in [2.05, 4.69) is 5.32 Å². The Bertz CT molecular complexity index is 752. The molecule has 2 N–H and O–H groups in total. The van der Waals surface area contributed by atoms with Crippen LogP contribution in [0.25, 0.3) is 0 Å². The highest BCUT2D eigenvalue weighted by Crippen LogP contribution is 2.32. The van der Waals surface area contributed by atoms with E-state index in [0.29, 0.717) is 0 Å². The van der Waals surface area contributed by atoms with Crippen LogP contribution in [0.1, 0.15) is 39.0 Å². The first kappa shape index (κ1) is 17.6. The summed E-state index contributed by atoms with van der Waals surface area (Å²) in [6, 6.07) is 5.56. The quantitative estimate of drug-likeness (QED) is 0.874. The van der Waals surface area contributed by atoms with Gasteiger partial charge in [-0.3, -0.25) is 4.79 Å². The van der Waals surface area contributed by atoms with Crippen molar-refractivity contribution in [3.63, 3.8) is 0 Å². The van der Waals surface area contributed by atoms with Gasteiger partial charge in [-0.25, -0.2) is 4.79 Å². The summed E-state index contributed by atoms with van der Waals surface area (Å²) in [5, 5.41) is 11.2. The van der Waals surface area contributed by atoms with Crippen LogP contribution in [-0.2, 0) is 12.6 Å². The van der Waals surface area contributed by atoms with Crippen molar-refractivity contribution in [2.75, 3.05) is 0 Å². The summed E-state index contributed by atoms with van der Waals surface area (Å²) in [6.07, 6.45) is -3.59. The number of amides is 1. The minimum Gasteiger partial charge on any atom is -0.478 e. The summed E-state index contributed by atoms with van der Waals surface area (Å²) in [5.41, 5.74) is -0.879. The van der Waals surface area contributed by atoms with Crippen LogP contribution in [0.15, 0.2) is 41.0 Å². The Morgan fingerprint density at radius 2 is 1.96 bits per heavy atom. The molecule has 5 nitrogen and oxygen atoms in total. The van der Waals surface area contributed by atoms with Crippen LogP contribution in [0.5, 0.6) is 0 Å². The highest BCUT2D eigenvalue weighted by Gasteiger charge is 2.33. The van der Waals surface area contributed by atoms with E-state index in [0.717, 1.165) is 18.4 Å². The Balaban J connectivity index is 2.07. The Labute approximate surface area is 135 Å². The lowest BCUT2D eigenvalue weighted by atomic mass is 10.0. The molecule has 0 aliphatic rings. The van der Waals surface area contributed by atoms with Gasteiger partial charge >= 0.3 is 12.1 Å². The molecule has 1 amide bonds. The fraction of sp³-hybridized carbons (Fsp3) is 0.250. The number of alkyl halides is 3. The van der Waals surface area contributed by atoms with Gasteiger partial charge in [0.25, 0.3) is 5.91 Å². The van der Waals surface area contributed by atoms with E-state index < -0.39 is 29.7 Å². The molecule has 0 radical (unpaired) electrons. The molecule has 0 spiro atoms. The van der Waals surface area contributed by atoms with Gasteiger partial charge < -0.3 is 14.8 Å². The van der Waals surface area contributed by atoms with Crippen molar-refractivity contribution in [1.82, 2.24) is 5.32 Å². The van der Waals surface area contributed by atoms with Gasteiger partial charge in [-0.1, -0.05) is 18.2 Å². The number of aromatic carboxylic acids is 1. The van der Waals surface area contributed by atoms with Crippen molar-refractivity contribution in [1.29, 1.82) is 0 Å².